The molecular weight excluding hydrogens is 390 g/mol. The van der Waals surface area contributed by atoms with Crippen molar-refractivity contribution in [1.29, 1.82) is 0 Å². The molecule has 0 saturated carbocycles. The smallest absolute Gasteiger partial charge is 0.191 e. The SMILES string of the molecule is CN=C(NCc1ccc(N2CCSCC2)cc1)NC1CCN(c2ccc(C)cc2)C1. The van der Waals surface area contributed by atoms with Gasteiger partial charge in [-0.25, -0.2) is 0 Å². The van der Waals surface area contributed by atoms with Crippen LogP contribution in [0.2, 0.25) is 0 Å². The summed E-state index contributed by atoms with van der Waals surface area (Å²) in [6, 6.07) is 18.2. The zero-order valence-electron chi connectivity index (χ0n) is 18.1. The highest BCUT2D eigenvalue weighted by Gasteiger charge is 2.23. The fourth-order valence-corrected chi connectivity index (χ4v) is 4.99. The summed E-state index contributed by atoms with van der Waals surface area (Å²) in [5.41, 5.74) is 5.23. The molecule has 2 fully saturated rings. The summed E-state index contributed by atoms with van der Waals surface area (Å²) in [4.78, 5) is 9.36. The van der Waals surface area contributed by atoms with E-state index in [-0.39, 0.29) is 0 Å². The first kappa shape index (κ1) is 20.9. The molecule has 0 aliphatic carbocycles. The first-order valence-electron chi connectivity index (χ1n) is 10.9. The summed E-state index contributed by atoms with van der Waals surface area (Å²) in [5, 5.41) is 7.07. The summed E-state index contributed by atoms with van der Waals surface area (Å²) >= 11 is 2.05. The maximum atomic E-state index is 4.43. The van der Waals surface area contributed by atoms with Gasteiger partial charge >= 0.3 is 0 Å². The van der Waals surface area contributed by atoms with Gasteiger partial charge in [-0.3, -0.25) is 4.99 Å². The second-order valence-corrected chi connectivity index (χ2v) is 9.33. The van der Waals surface area contributed by atoms with Gasteiger partial charge in [0.15, 0.2) is 5.96 Å². The van der Waals surface area contributed by atoms with Crippen LogP contribution >= 0.6 is 11.8 Å². The van der Waals surface area contributed by atoms with Gasteiger partial charge in [-0.2, -0.15) is 11.8 Å². The van der Waals surface area contributed by atoms with E-state index < -0.39 is 0 Å². The van der Waals surface area contributed by atoms with Crippen molar-refractivity contribution in [3.8, 4) is 0 Å². The molecule has 0 spiro atoms. The quantitative estimate of drug-likeness (QED) is 0.569. The molecule has 2 aliphatic heterocycles. The number of rotatable bonds is 5. The minimum atomic E-state index is 0.414. The van der Waals surface area contributed by atoms with E-state index in [9.17, 15) is 0 Å². The van der Waals surface area contributed by atoms with Crippen LogP contribution in [0.1, 0.15) is 17.5 Å². The van der Waals surface area contributed by atoms with Gasteiger partial charge in [-0.1, -0.05) is 29.8 Å². The van der Waals surface area contributed by atoms with E-state index in [0.717, 1.165) is 45.1 Å². The Morgan fingerprint density at radius 3 is 2.33 bits per heavy atom. The normalized spacial score (nSPS) is 19.8. The molecule has 2 N–H and O–H groups in total. The largest absolute Gasteiger partial charge is 0.370 e. The summed E-state index contributed by atoms with van der Waals surface area (Å²) in [5.74, 6) is 3.34. The van der Waals surface area contributed by atoms with Gasteiger partial charge in [0, 0.05) is 68.7 Å². The number of benzene rings is 2. The number of anilines is 2. The minimum Gasteiger partial charge on any atom is -0.370 e. The van der Waals surface area contributed by atoms with Gasteiger partial charge < -0.3 is 20.4 Å². The molecule has 2 aliphatic rings. The number of nitrogens with one attached hydrogen (secondary N) is 2. The lowest BCUT2D eigenvalue weighted by molar-refractivity contribution is 0.648. The Bertz CT molecular complexity index is 828. The number of nitrogens with zero attached hydrogens (tertiary/aromatic N) is 3. The molecular formula is C24H33N5S. The van der Waals surface area contributed by atoms with Crippen LogP contribution in [0.4, 0.5) is 11.4 Å². The monoisotopic (exact) mass is 423 g/mol. The van der Waals surface area contributed by atoms with Crippen LogP contribution in [0.3, 0.4) is 0 Å². The van der Waals surface area contributed by atoms with Crippen LogP contribution in [0.25, 0.3) is 0 Å². The number of hydrogen-bond donors (Lipinski definition) is 2. The van der Waals surface area contributed by atoms with Crippen molar-refractivity contribution in [3.63, 3.8) is 0 Å². The highest BCUT2D eigenvalue weighted by atomic mass is 32.2. The second-order valence-electron chi connectivity index (χ2n) is 8.10. The van der Waals surface area contributed by atoms with Crippen LogP contribution in [0, 0.1) is 6.92 Å². The summed E-state index contributed by atoms with van der Waals surface area (Å²) in [6.45, 7) is 7.30. The third kappa shape index (κ3) is 5.42. The van der Waals surface area contributed by atoms with Crippen molar-refractivity contribution >= 4 is 29.1 Å². The molecule has 2 aromatic rings. The van der Waals surface area contributed by atoms with Crippen LogP contribution in [0.5, 0.6) is 0 Å². The van der Waals surface area contributed by atoms with Gasteiger partial charge in [-0.15, -0.1) is 0 Å². The van der Waals surface area contributed by atoms with E-state index in [1.807, 2.05) is 18.8 Å². The number of guanidine groups is 1. The van der Waals surface area contributed by atoms with E-state index in [4.69, 9.17) is 0 Å². The number of aliphatic imine (C=N–C) groups is 1. The fourth-order valence-electron chi connectivity index (χ4n) is 4.09. The lowest BCUT2D eigenvalue weighted by Gasteiger charge is -2.28. The zero-order chi connectivity index (χ0) is 20.8. The Hall–Kier alpha value is -2.34. The van der Waals surface area contributed by atoms with Gasteiger partial charge in [0.1, 0.15) is 0 Å². The highest BCUT2D eigenvalue weighted by molar-refractivity contribution is 7.99. The Kier molecular flexibility index (Phi) is 7.05. The molecule has 1 unspecified atom stereocenters. The van der Waals surface area contributed by atoms with E-state index in [0.29, 0.717) is 6.04 Å². The van der Waals surface area contributed by atoms with Gasteiger partial charge in [0.05, 0.1) is 0 Å². The third-order valence-corrected chi connectivity index (χ3v) is 6.87. The molecule has 2 aromatic carbocycles. The first-order chi connectivity index (χ1) is 14.7. The molecule has 0 bridgehead atoms. The fraction of sp³-hybridized carbons (Fsp3) is 0.458. The molecule has 0 amide bonds. The lowest BCUT2D eigenvalue weighted by atomic mass is 10.2. The zero-order valence-corrected chi connectivity index (χ0v) is 18.9. The molecule has 30 heavy (non-hydrogen) atoms. The summed E-state index contributed by atoms with van der Waals surface area (Å²) in [7, 11) is 1.85. The second kappa shape index (κ2) is 10.1. The number of thioether (sulfide) groups is 1. The molecule has 2 heterocycles. The van der Waals surface area contributed by atoms with Crippen molar-refractivity contribution in [3.05, 3.63) is 59.7 Å². The van der Waals surface area contributed by atoms with Crippen LogP contribution in [-0.2, 0) is 6.54 Å². The van der Waals surface area contributed by atoms with Gasteiger partial charge in [-0.05, 0) is 43.2 Å². The molecule has 4 rings (SSSR count). The summed E-state index contributed by atoms with van der Waals surface area (Å²) < 4.78 is 0. The van der Waals surface area contributed by atoms with Crippen molar-refractivity contribution in [2.45, 2.75) is 25.9 Å². The van der Waals surface area contributed by atoms with Gasteiger partial charge in [0.2, 0.25) is 0 Å². The average Bonchev–Trinajstić information content (AvgIpc) is 3.26. The van der Waals surface area contributed by atoms with Crippen molar-refractivity contribution < 1.29 is 0 Å². The molecule has 0 radical (unpaired) electrons. The molecule has 5 nitrogen and oxygen atoms in total. The van der Waals surface area contributed by atoms with E-state index >= 15 is 0 Å². The molecule has 1 atom stereocenters. The van der Waals surface area contributed by atoms with Crippen LogP contribution in [0.15, 0.2) is 53.5 Å². The number of aryl methyl sites for hydroxylation is 1. The van der Waals surface area contributed by atoms with E-state index in [1.54, 1.807) is 0 Å². The molecule has 6 heteroatoms. The topological polar surface area (TPSA) is 42.9 Å². The van der Waals surface area contributed by atoms with Crippen molar-refractivity contribution in [2.75, 3.05) is 54.5 Å². The van der Waals surface area contributed by atoms with Crippen LogP contribution < -0.4 is 20.4 Å². The maximum Gasteiger partial charge on any atom is 0.191 e. The first-order valence-corrected chi connectivity index (χ1v) is 12.1. The van der Waals surface area contributed by atoms with Gasteiger partial charge in [0.25, 0.3) is 0 Å². The lowest BCUT2D eigenvalue weighted by Crippen LogP contribution is -2.44. The molecule has 0 aromatic heterocycles. The van der Waals surface area contributed by atoms with Crippen molar-refractivity contribution in [1.82, 2.24) is 10.6 Å². The minimum absolute atomic E-state index is 0.414. The predicted molar refractivity (Wildman–Crippen MR) is 131 cm³/mol. The van der Waals surface area contributed by atoms with Crippen molar-refractivity contribution in [2.24, 2.45) is 4.99 Å². The standard InChI is InChI=1S/C24H33N5S/c1-19-3-7-23(8-4-19)29-12-11-21(18-29)27-24(25-2)26-17-20-5-9-22(10-6-20)28-13-15-30-16-14-28/h3-10,21H,11-18H2,1-2H3,(H2,25,26,27). The van der Waals surface area contributed by atoms with E-state index in [1.165, 1.54) is 34.0 Å². The Labute approximate surface area is 184 Å². The number of hydrogen-bond acceptors (Lipinski definition) is 4. The Morgan fingerprint density at radius 2 is 1.63 bits per heavy atom. The van der Waals surface area contributed by atoms with Crippen LogP contribution in [-0.4, -0.2) is 56.7 Å². The highest BCUT2D eigenvalue weighted by Crippen LogP contribution is 2.21. The molecule has 2 saturated heterocycles. The third-order valence-electron chi connectivity index (χ3n) is 5.92. The average molecular weight is 424 g/mol. The van der Waals surface area contributed by atoms with E-state index in [2.05, 4.69) is 80.9 Å². The summed E-state index contributed by atoms with van der Waals surface area (Å²) in [6.07, 6.45) is 1.12. The Morgan fingerprint density at radius 1 is 0.967 bits per heavy atom. The predicted octanol–water partition coefficient (Wildman–Crippen LogP) is 3.49. The molecule has 160 valence electrons. The Balaban J connectivity index is 1.25. The maximum absolute atomic E-state index is 4.43.